The Kier molecular flexibility index (Phi) is 5.05. The highest BCUT2D eigenvalue weighted by atomic mass is 16.4. The molecule has 15 heavy (non-hydrogen) atoms. The Labute approximate surface area is 91.9 Å². The van der Waals surface area contributed by atoms with Gasteiger partial charge in [0.25, 0.3) is 0 Å². The Morgan fingerprint density at radius 1 is 1.33 bits per heavy atom. The van der Waals surface area contributed by atoms with Crippen molar-refractivity contribution in [3.8, 4) is 0 Å². The van der Waals surface area contributed by atoms with Crippen LogP contribution < -0.4 is 0 Å². The van der Waals surface area contributed by atoms with Gasteiger partial charge in [0.15, 0.2) is 0 Å². The quantitative estimate of drug-likeness (QED) is 0.738. The van der Waals surface area contributed by atoms with Gasteiger partial charge in [-0.15, -0.1) is 0 Å². The maximum atomic E-state index is 10.5. The molecule has 0 amide bonds. The highest BCUT2D eigenvalue weighted by Gasteiger charge is 2.21. The van der Waals surface area contributed by atoms with Crippen molar-refractivity contribution in [3.63, 3.8) is 0 Å². The van der Waals surface area contributed by atoms with Crippen molar-refractivity contribution in [2.24, 2.45) is 0 Å². The van der Waals surface area contributed by atoms with E-state index in [1.54, 1.807) is 0 Å². The Morgan fingerprint density at radius 2 is 1.93 bits per heavy atom. The molecule has 1 atom stereocenters. The highest BCUT2D eigenvalue weighted by Crippen LogP contribution is 2.13. The van der Waals surface area contributed by atoms with Gasteiger partial charge in [-0.25, -0.2) is 0 Å². The van der Waals surface area contributed by atoms with Gasteiger partial charge in [-0.3, -0.25) is 9.69 Å². The van der Waals surface area contributed by atoms with Crippen LogP contribution in [0.25, 0.3) is 0 Å². The number of hydrogen-bond acceptors (Lipinski definition) is 3. The fraction of sp³-hybridized carbons (Fsp3) is 0.909. The van der Waals surface area contributed by atoms with E-state index in [4.69, 9.17) is 5.11 Å². The smallest absolute Gasteiger partial charge is 0.303 e. The summed E-state index contributed by atoms with van der Waals surface area (Å²) in [6, 6.07) is 0.454. The number of hydrogen-bond donors (Lipinski definition) is 1. The normalized spacial score (nSPS) is 21.5. The minimum absolute atomic E-state index is 0.296. The molecule has 1 aliphatic heterocycles. The number of carboxylic acids is 1. The van der Waals surface area contributed by atoms with Crippen LogP contribution in [0.1, 0.15) is 26.2 Å². The summed E-state index contributed by atoms with van der Waals surface area (Å²) in [5.41, 5.74) is 0. The van der Waals surface area contributed by atoms with Gasteiger partial charge >= 0.3 is 5.97 Å². The molecule has 1 rings (SSSR count). The van der Waals surface area contributed by atoms with Gasteiger partial charge in [-0.1, -0.05) is 6.92 Å². The third-order valence-electron chi connectivity index (χ3n) is 3.22. The lowest BCUT2D eigenvalue weighted by Crippen LogP contribution is -2.48. The lowest BCUT2D eigenvalue weighted by atomic mass is 10.1. The number of aliphatic carboxylic acids is 1. The first kappa shape index (κ1) is 12.5. The van der Waals surface area contributed by atoms with Crippen LogP contribution in [0.5, 0.6) is 0 Å². The molecule has 88 valence electrons. The fourth-order valence-electron chi connectivity index (χ4n) is 2.12. The van der Waals surface area contributed by atoms with Crippen LogP contribution in [0.4, 0.5) is 0 Å². The maximum absolute atomic E-state index is 10.5. The van der Waals surface area contributed by atoms with Crippen molar-refractivity contribution in [1.29, 1.82) is 0 Å². The average Bonchev–Trinajstić information content (AvgIpc) is 2.21. The van der Waals surface area contributed by atoms with E-state index in [0.29, 0.717) is 12.5 Å². The van der Waals surface area contributed by atoms with Crippen molar-refractivity contribution in [2.75, 3.05) is 33.2 Å². The zero-order valence-corrected chi connectivity index (χ0v) is 9.78. The summed E-state index contributed by atoms with van der Waals surface area (Å²) < 4.78 is 0. The van der Waals surface area contributed by atoms with Crippen molar-refractivity contribution in [3.05, 3.63) is 0 Å². The summed E-state index contributed by atoms with van der Waals surface area (Å²) in [7, 11) is 2.13. The summed E-state index contributed by atoms with van der Waals surface area (Å²) in [6.45, 7) is 6.50. The van der Waals surface area contributed by atoms with Crippen molar-refractivity contribution in [1.82, 2.24) is 9.80 Å². The molecule has 1 heterocycles. The largest absolute Gasteiger partial charge is 0.481 e. The summed E-state index contributed by atoms with van der Waals surface area (Å²) in [6.07, 6.45) is 2.14. The van der Waals surface area contributed by atoms with Crippen LogP contribution in [-0.4, -0.2) is 60.1 Å². The molecule has 0 aromatic rings. The van der Waals surface area contributed by atoms with E-state index in [0.717, 1.165) is 39.0 Å². The second-order valence-electron chi connectivity index (χ2n) is 4.33. The van der Waals surface area contributed by atoms with Crippen LogP contribution in [-0.2, 0) is 4.79 Å². The Bertz CT molecular complexity index is 201. The van der Waals surface area contributed by atoms with Gasteiger partial charge in [-0.2, -0.15) is 0 Å². The Morgan fingerprint density at radius 3 is 2.40 bits per heavy atom. The van der Waals surface area contributed by atoms with E-state index in [1.165, 1.54) is 0 Å². The first-order valence-electron chi connectivity index (χ1n) is 5.78. The van der Waals surface area contributed by atoms with E-state index in [-0.39, 0.29) is 0 Å². The predicted octanol–water partition coefficient (Wildman–Crippen LogP) is 0.877. The molecule has 1 saturated heterocycles. The number of nitrogens with zero attached hydrogens (tertiary/aromatic N) is 2. The maximum Gasteiger partial charge on any atom is 0.303 e. The van der Waals surface area contributed by atoms with Gasteiger partial charge in [-0.05, 0) is 19.9 Å². The third-order valence-corrected chi connectivity index (χ3v) is 3.22. The molecule has 1 fully saturated rings. The van der Waals surface area contributed by atoms with Gasteiger partial charge in [0.2, 0.25) is 0 Å². The number of rotatable bonds is 5. The summed E-state index contributed by atoms with van der Waals surface area (Å²) >= 11 is 0. The molecule has 4 heteroatoms. The van der Waals surface area contributed by atoms with E-state index < -0.39 is 5.97 Å². The molecule has 0 radical (unpaired) electrons. The third kappa shape index (κ3) is 4.18. The molecule has 0 aliphatic carbocycles. The Hall–Kier alpha value is -0.610. The molecule has 0 aromatic carbocycles. The molecular formula is C11H22N2O2. The van der Waals surface area contributed by atoms with E-state index in [2.05, 4.69) is 23.8 Å². The Balaban J connectivity index is 2.34. The van der Waals surface area contributed by atoms with Gasteiger partial charge in [0.05, 0.1) is 0 Å². The van der Waals surface area contributed by atoms with Crippen LogP contribution in [0.15, 0.2) is 0 Å². The molecule has 1 N–H and O–H groups in total. The number of carboxylic acid groups (broad SMARTS) is 1. The first-order chi connectivity index (χ1) is 7.13. The predicted molar refractivity (Wildman–Crippen MR) is 60.0 cm³/mol. The van der Waals surface area contributed by atoms with Crippen molar-refractivity contribution < 1.29 is 9.90 Å². The molecule has 1 unspecified atom stereocenters. The lowest BCUT2D eigenvalue weighted by molar-refractivity contribution is -0.137. The van der Waals surface area contributed by atoms with Gasteiger partial charge in [0, 0.05) is 38.6 Å². The molecule has 4 nitrogen and oxygen atoms in total. The number of likely N-dealkylation sites (N-methyl/N-ethyl adjacent to an activating group) is 1. The van der Waals surface area contributed by atoms with E-state index in [1.807, 2.05) is 0 Å². The van der Waals surface area contributed by atoms with E-state index >= 15 is 0 Å². The topological polar surface area (TPSA) is 43.8 Å². The lowest BCUT2D eigenvalue weighted by Gasteiger charge is -2.37. The minimum atomic E-state index is -0.678. The SMILES string of the molecule is CCC(CCC(=O)O)N1CCN(C)CC1. The molecule has 0 aromatic heterocycles. The average molecular weight is 214 g/mol. The highest BCUT2D eigenvalue weighted by molar-refractivity contribution is 5.66. The second-order valence-corrected chi connectivity index (χ2v) is 4.33. The molecule has 1 aliphatic rings. The minimum Gasteiger partial charge on any atom is -0.481 e. The van der Waals surface area contributed by atoms with Crippen LogP contribution in [0, 0.1) is 0 Å². The van der Waals surface area contributed by atoms with Crippen molar-refractivity contribution in [2.45, 2.75) is 32.2 Å². The molecule has 0 spiro atoms. The summed E-state index contributed by atoms with van der Waals surface area (Å²) in [4.78, 5) is 15.3. The second kappa shape index (κ2) is 6.08. The number of carbonyl (C=O) groups is 1. The zero-order chi connectivity index (χ0) is 11.3. The summed E-state index contributed by atoms with van der Waals surface area (Å²) in [5, 5.41) is 8.67. The standard InChI is InChI=1S/C11H22N2O2/c1-3-10(4-5-11(14)15)13-8-6-12(2)7-9-13/h10H,3-9H2,1-2H3,(H,14,15). The molecule has 0 bridgehead atoms. The molecular weight excluding hydrogens is 192 g/mol. The zero-order valence-electron chi connectivity index (χ0n) is 9.78. The monoisotopic (exact) mass is 214 g/mol. The van der Waals surface area contributed by atoms with Crippen LogP contribution in [0.2, 0.25) is 0 Å². The number of piperazine rings is 1. The fourth-order valence-corrected chi connectivity index (χ4v) is 2.12. The van der Waals surface area contributed by atoms with Gasteiger partial charge in [0.1, 0.15) is 0 Å². The molecule has 0 saturated carbocycles. The van der Waals surface area contributed by atoms with E-state index in [9.17, 15) is 4.79 Å². The van der Waals surface area contributed by atoms with Crippen LogP contribution >= 0.6 is 0 Å². The van der Waals surface area contributed by atoms with Crippen molar-refractivity contribution >= 4 is 5.97 Å². The van der Waals surface area contributed by atoms with Crippen LogP contribution in [0.3, 0.4) is 0 Å². The summed E-state index contributed by atoms with van der Waals surface area (Å²) in [5.74, 6) is -0.678. The van der Waals surface area contributed by atoms with Gasteiger partial charge < -0.3 is 10.0 Å². The first-order valence-corrected chi connectivity index (χ1v) is 5.78.